The minimum atomic E-state index is -0.706. The Kier molecular flexibility index (Phi) is 6.32. The van der Waals surface area contributed by atoms with Gasteiger partial charge in [-0.3, -0.25) is 9.59 Å². The maximum atomic E-state index is 13.6. The van der Waals surface area contributed by atoms with Crippen molar-refractivity contribution in [1.82, 2.24) is 20.1 Å². The first-order chi connectivity index (χ1) is 16.4. The van der Waals surface area contributed by atoms with E-state index in [1.165, 1.54) is 0 Å². The number of aromatic nitrogens is 1. The number of H-pyrrole nitrogens is 1. The van der Waals surface area contributed by atoms with E-state index >= 15 is 0 Å². The number of hydrogen-bond donors (Lipinski definition) is 2. The van der Waals surface area contributed by atoms with Crippen molar-refractivity contribution in [3.8, 4) is 0 Å². The van der Waals surface area contributed by atoms with E-state index in [2.05, 4.69) is 22.2 Å². The number of fused-ring (bicyclic) bond motifs is 1. The topological polar surface area (TPSA) is 68.4 Å². The minimum absolute atomic E-state index is 0.0373. The molecule has 1 saturated heterocycles. The van der Waals surface area contributed by atoms with Gasteiger partial charge in [-0.25, -0.2) is 0 Å². The molecule has 6 nitrogen and oxygen atoms in total. The molecule has 2 aromatic carbocycles. The van der Waals surface area contributed by atoms with Gasteiger partial charge in [-0.1, -0.05) is 47.5 Å². The highest BCUT2D eigenvalue weighted by atomic mass is 35.5. The molecular formula is C26H28Cl2N4O2. The Labute approximate surface area is 209 Å². The SMILES string of the molecule is CN1CCN(C(=O)[C@H](Cc2c[nH]c3ccccc23)NC(=O)C2(c3ccc(Cl)cc3Cl)CC2)CC1. The molecule has 34 heavy (non-hydrogen) atoms. The van der Waals surface area contributed by atoms with Crippen LogP contribution in [0.15, 0.2) is 48.7 Å². The van der Waals surface area contributed by atoms with Gasteiger partial charge in [0, 0.05) is 59.7 Å². The number of piperazine rings is 1. The molecule has 1 atom stereocenters. The van der Waals surface area contributed by atoms with E-state index in [0.29, 0.717) is 42.4 Å². The van der Waals surface area contributed by atoms with E-state index in [9.17, 15) is 9.59 Å². The Balaban J connectivity index is 1.42. The number of nitrogens with one attached hydrogen (secondary N) is 2. The number of carbonyl (C=O) groups excluding carboxylic acids is 2. The number of nitrogens with zero attached hydrogens (tertiary/aromatic N) is 2. The molecule has 1 aliphatic heterocycles. The van der Waals surface area contributed by atoms with Crippen LogP contribution >= 0.6 is 23.2 Å². The first kappa shape index (κ1) is 23.2. The van der Waals surface area contributed by atoms with Crippen LogP contribution in [0.2, 0.25) is 10.0 Å². The molecule has 5 rings (SSSR count). The van der Waals surface area contributed by atoms with E-state index in [1.54, 1.807) is 12.1 Å². The molecular weight excluding hydrogens is 471 g/mol. The summed E-state index contributed by atoms with van der Waals surface area (Å²) < 4.78 is 0. The van der Waals surface area contributed by atoms with Gasteiger partial charge in [0.25, 0.3) is 0 Å². The van der Waals surface area contributed by atoms with Crippen LogP contribution in [0.5, 0.6) is 0 Å². The lowest BCUT2D eigenvalue weighted by molar-refractivity contribution is -0.138. The summed E-state index contributed by atoms with van der Waals surface area (Å²) in [5.74, 6) is -0.186. The molecule has 0 bridgehead atoms. The lowest BCUT2D eigenvalue weighted by atomic mass is 9.93. The molecule has 2 fully saturated rings. The van der Waals surface area contributed by atoms with Gasteiger partial charge in [-0.15, -0.1) is 0 Å². The summed E-state index contributed by atoms with van der Waals surface area (Å²) in [5, 5.41) is 5.21. The second kappa shape index (κ2) is 9.25. The monoisotopic (exact) mass is 498 g/mol. The number of likely N-dealkylation sites (N-methyl/N-ethyl adjacent to an activating group) is 1. The van der Waals surface area contributed by atoms with Crippen LogP contribution in [0, 0.1) is 0 Å². The van der Waals surface area contributed by atoms with Gasteiger partial charge >= 0.3 is 0 Å². The van der Waals surface area contributed by atoms with Crippen molar-refractivity contribution < 1.29 is 9.59 Å². The van der Waals surface area contributed by atoms with Crippen molar-refractivity contribution in [2.75, 3.05) is 33.2 Å². The average molecular weight is 499 g/mol. The Morgan fingerprint density at radius 3 is 2.53 bits per heavy atom. The van der Waals surface area contributed by atoms with Gasteiger partial charge in [0.05, 0.1) is 5.41 Å². The molecule has 1 saturated carbocycles. The maximum Gasteiger partial charge on any atom is 0.245 e. The average Bonchev–Trinajstić information content (AvgIpc) is 3.53. The summed E-state index contributed by atoms with van der Waals surface area (Å²) in [4.78, 5) is 34.6. The number of benzene rings is 2. The summed E-state index contributed by atoms with van der Waals surface area (Å²) in [6.45, 7) is 2.96. The highest BCUT2D eigenvalue weighted by Gasteiger charge is 2.53. The predicted molar refractivity (Wildman–Crippen MR) is 135 cm³/mol. The zero-order valence-corrected chi connectivity index (χ0v) is 20.6. The molecule has 1 aromatic heterocycles. The quantitative estimate of drug-likeness (QED) is 0.539. The van der Waals surface area contributed by atoms with E-state index in [-0.39, 0.29) is 11.8 Å². The zero-order chi connectivity index (χ0) is 23.9. The Hall–Kier alpha value is -2.54. The van der Waals surface area contributed by atoms with Gasteiger partial charge in [0.15, 0.2) is 0 Å². The second-order valence-corrected chi connectivity index (χ2v) is 10.3. The van der Waals surface area contributed by atoms with Crippen molar-refractivity contribution >= 4 is 45.9 Å². The Morgan fingerprint density at radius 1 is 1.09 bits per heavy atom. The van der Waals surface area contributed by atoms with Crippen LogP contribution in [0.3, 0.4) is 0 Å². The molecule has 1 aliphatic carbocycles. The first-order valence-corrected chi connectivity index (χ1v) is 12.4. The lowest BCUT2D eigenvalue weighted by Crippen LogP contribution is -2.56. The van der Waals surface area contributed by atoms with E-state index < -0.39 is 11.5 Å². The van der Waals surface area contributed by atoms with Crippen molar-refractivity contribution in [3.05, 3.63) is 69.8 Å². The number of para-hydroxylation sites is 1. The molecule has 8 heteroatoms. The normalized spacial score (nSPS) is 18.6. The van der Waals surface area contributed by atoms with Gasteiger partial charge in [0.1, 0.15) is 6.04 Å². The van der Waals surface area contributed by atoms with Gasteiger partial charge in [0.2, 0.25) is 11.8 Å². The minimum Gasteiger partial charge on any atom is -0.361 e. The number of amides is 2. The summed E-state index contributed by atoms with van der Waals surface area (Å²) in [5.41, 5.74) is 2.09. The number of halogens is 2. The van der Waals surface area contributed by atoms with Crippen LogP contribution in [-0.4, -0.2) is 65.9 Å². The fraction of sp³-hybridized carbons (Fsp3) is 0.385. The Bertz CT molecular complexity index is 1230. The smallest absolute Gasteiger partial charge is 0.245 e. The van der Waals surface area contributed by atoms with Crippen LogP contribution in [0.25, 0.3) is 10.9 Å². The largest absolute Gasteiger partial charge is 0.361 e. The predicted octanol–water partition coefficient (Wildman–Crippen LogP) is 4.01. The molecule has 0 spiro atoms. The lowest BCUT2D eigenvalue weighted by Gasteiger charge is -2.35. The highest BCUT2D eigenvalue weighted by molar-refractivity contribution is 6.35. The van der Waals surface area contributed by atoms with Gasteiger partial charge in [-0.05, 0) is 49.2 Å². The van der Waals surface area contributed by atoms with E-state index in [0.717, 1.165) is 35.1 Å². The van der Waals surface area contributed by atoms with Crippen molar-refractivity contribution in [1.29, 1.82) is 0 Å². The molecule has 0 unspecified atom stereocenters. The van der Waals surface area contributed by atoms with Crippen molar-refractivity contribution in [2.24, 2.45) is 0 Å². The number of hydrogen-bond acceptors (Lipinski definition) is 3. The summed E-state index contributed by atoms with van der Waals surface area (Å²) in [6, 6.07) is 12.6. The number of rotatable bonds is 6. The zero-order valence-electron chi connectivity index (χ0n) is 19.1. The third-order valence-corrected chi connectivity index (χ3v) is 7.70. The molecule has 0 radical (unpaired) electrons. The van der Waals surface area contributed by atoms with Gasteiger partial charge in [-0.2, -0.15) is 0 Å². The van der Waals surface area contributed by atoms with E-state index in [1.807, 2.05) is 41.4 Å². The number of carbonyl (C=O) groups is 2. The second-order valence-electron chi connectivity index (χ2n) is 9.42. The standard InChI is InChI=1S/C26H28Cl2N4O2/c1-31-10-12-32(13-11-31)24(33)23(14-17-16-29-22-5-3-2-4-19(17)22)30-25(34)26(8-9-26)20-7-6-18(27)15-21(20)28/h2-7,15-16,23,29H,8-14H2,1H3,(H,30,34)/t23-/m0/s1. The van der Waals surface area contributed by atoms with Crippen LogP contribution < -0.4 is 5.32 Å². The summed E-state index contributed by atoms with van der Waals surface area (Å²) in [7, 11) is 2.06. The summed E-state index contributed by atoms with van der Waals surface area (Å²) >= 11 is 12.5. The third-order valence-electron chi connectivity index (χ3n) is 7.15. The third kappa shape index (κ3) is 4.42. The molecule has 2 aliphatic rings. The number of aromatic amines is 1. The molecule has 2 N–H and O–H groups in total. The fourth-order valence-corrected chi connectivity index (χ4v) is 5.47. The Morgan fingerprint density at radius 2 is 1.82 bits per heavy atom. The van der Waals surface area contributed by atoms with Crippen LogP contribution in [-0.2, 0) is 21.4 Å². The molecule has 178 valence electrons. The fourth-order valence-electron chi connectivity index (χ4n) is 4.89. The van der Waals surface area contributed by atoms with E-state index in [4.69, 9.17) is 23.2 Å². The van der Waals surface area contributed by atoms with Gasteiger partial charge < -0.3 is 20.1 Å². The molecule has 3 aromatic rings. The summed E-state index contributed by atoms with van der Waals surface area (Å²) in [6.07, 6.45) is 3.75. The first-order valence-electron chi connectivity index (χ1n) is 11.7. The molecule has 2 amide bonds. The van der Waals surface area contributed by atoms with Crippen molar-refractivity contribution in [2.45, 2.75) is 30.7 Å². The maximum absolute atomic E-state index is 13.6. The highest BCUT2D eigenvalue weighted by Crippen LogP contribution is 2.51. The van der Waals surface area contributed by atoms with Crippen LogP contribution in [0.4, 0.5) is 0 Å². The van der Waals surface area contributed by atoms with Crippen LogP contribution in [0.1, 0.15) is 24.0 Å². The van der Waals surface area contributed by atoms with Crippen molar-refractivity contribution in [3.63, 3.8) is 0 Å². The molecule has 2 heterocycles.